The Balaban J connectivity index is 3.40. The van der Waals surface area contributed by atoms with Crippen LogP contribution in [0.3, 0.4) is 0 Å². The van der Waals surface area contributed by atoms with Crippen molar-refractivity contribution >= 4 is 16.8 Å². The molecule has 0 aliphatic carbocycles. The lowest BCUT2D eigenvalue weighted by Crippen LogP contribution is -2.09. The molecule has 0 aromatic heterocycles. The Morgan fingerprint density at radius 3 is 2.42 bits per heavy atom. The fraction of sp³-hybridized carbons (Fsp3) is 0.875. The first kappa shape index (κ1) is 11.6. The summed E-state index contributed by atoms with van der Waals surface area (Å²) in [5.74, 6) is 0.596. The van der Waals surface area contributed by atoms with Crippen LogP contribution in [-0.2, 0) is 15.6 Å². The maximum atomic E-state index is 11.1. The molecule has 1 N–H and O–H groups in total. The second-order valence-corrected chi connectivity index (χ2v) is 4.87. The first-order valence-electron chi connectivity index (χ1n) is 4.09. The normalized spacial score (nSPS) is 13.2. The van der Waals surface area contributed by atoms with E-state index in [2.05, 4.69) is 13.8 Å². The van der Waals surface area contributed by atoms with Gasteiger partial charge in [0.15, 0.2) is 0 Å². The zero-order chi connectivity index (χ0) is 9.56. The second-order valence-electron chi connectivity index (χ2n) is 3.17. The highest BCUT2D eigenvalue weighted by molar-refractivity contribution is 7.84. The minimum Gasteiger partial charge on any atom is -0.481 e. The van der Waals surface area contributed by atoms with Gasteiger partial charge in [-0.3, -0.25) is 9.00 Å². The van der Waals surface area contributed by atoms with Crippen molar-refractivity contribution in [3.8, 4) is 0 Å². The van der Waals surface area contributed by atoms with E-state index in [1.165, 1.54) is 0 Å². The van der Waals surface area contributed by atoms with E-state index in [0.717, 1.165) is 6.42 Å². The summed E-state index contributed by atoms with van der Waals surface area (Å²) in [6.45, 7) is 4.13. The topological polar surface area (TPSA) is 54.4 Å². The molecule has 0 radical (unpaired) electrons. The molecule has 0 rings (SSSR count). The van der Waals surface area contributed by atoms with Gasteiger partial charge in [-0.15, -0.1) is 0 Å². The molecule has 0 heterocycles. The van der Waals surface area contributed by atoms with Gasteiger partial charge in [0.2, 0.25) is 0 Å². The van der Waals surface area contributed by atoms with Gasteiger partial charge < -0.3 is 5.11 Å². The zero-order valence-electron chi connectivity index (χ0n) is 7.58. The molecule has 0 aromatic rings. The predicted molar refractivity (Wildman–Crippen MR) is 49.6 cm³/mol. The first-order valence-corrected chi connectivity index (χ1v) is 5.58. The Kier molecular flexibility index (Phi) is 5.98. The van der Waals surface area contributed by atoms with Crippen LogP contribution in [-0.4, -0.2) is 26.8 Å². The number of carboxylic acids is 1. The smallest absolute Gasteiger partial charge is 0.304 e. The maximum Gasteiger partial charge on any atom is 0.304 e. The summed E-state index contributed by atoms with van der Waals surface area (Å²) in [5.41, 5.74) is 0. The fourth-order valence-corrected chi connectivity index (χ4v) is 2.01. The summed E-state index contributed by atoms with van der Waals surface area (Å²) in [5, 5.41) is 8.31. The van der Waals surface area contributed by atoms with E-state index in [9.17, 15) is 9.00 Å². The van der Waals surface area contributed by atoms with Crippen molar-refractivity contribution in [2.45, 2.75) is 26.7 Å². The van der Waals surface area contributed by atoms with E-state index < -0.39 is 16.8 Å². The highest BCUT2D eigenvalue weighted by Gasteiger charge is 2.04. The molecular weight excluding hydrogens is 176 g/mol. The van der Waals surface area contributed by atoms with Gasteiger partial charge in [0, 0.05) is 22.3 Å². The Labute approximate surface area is 75.6 Å². The average Bonchev–Trinajstić information content (AvgIpc) is 1.96. The molecule has 1 atom stereocenters. The molecule has 0 aromatic carbocycles. The standard InChI is InChI=1S/C8H16O3S/c1-7(2)3-5-12(11)6-4-8(9)10/h7H,3-6H2,1-2H3,(H,9,10). The molecule has 0 amide bonds. The summed E-state index contributed by atoms with van der Waals surface area (Å²) in [6, 6.07) is 0. The average molecular weight is 192 g/mol. The predicted octanol–water partition coefficient (Wildman–Crippen LogP) is 1.26. The molecule has 1 unspecified atom stereocenters. The van der Waals surface area contributed by atoms with Gasteiger partial charge >= 0.3 is 5.97 Å². The monoisotopic (exact) mass is 192 g/mol. The van der Waals surface area contributed by atoms with E-state index in [4.69, 9.17) is 5.11 Å². The summed E-state index contributed by atoms with van der Waals surface area (Å²) < 4.78 is 11.1. The Hall–Kier alpha value is -0.380. The van der Waals surface area contributed by atoms with Crippen molar-refractivity contribution in [1.82, 2.24) is 0 Å². The largest absolute Gasteiger partial charge is 0.481 e. The second kappa shape index (κ2) is 6.17. The van der Waals surface area contributed by atoms with Gasteiger partial charge in [-0.1, -0.05) is 13.8 Å². The van der Waals surface area contributed by atoms with Crippen LogP contribution < -0.4 is 0 Å². The minimum atomic E-state index is -0.942. The van der Waals surface area contributed by atoms with E-state index in [1.54, 1.807) is 0 Å². The van der Waals surface area contributed by atoms with E-state index in [0.29, 0.717) is 17.4 Å². The molecule has 0 saturated heterocycles. The quantitative estimate of drug-likeness (QED) is 0.689. The van der Waals surface area contributed by atoms with Crippen molar-refractivity contribution in [2.24, 2.45) is 5.92 Å². The van der Waals surface area contributed by atoms with Crippen LogP contribution >= 0.6 is 0 Å². The maximum absolute atomic E-state index is 11.1. The third-order valence-corrected chi connectivity index (χ3v) is 2.82. The van der Waals surface area contributed by atoms with Gasteiger partial charge in [0.05, 0.1) is 6.42 Å². The molecule has 4 heteroatoms. The molecular formula is C8H16O3S. The number of rotatable bonds is 6. The van der Waals surface area contributed by atoms with E-state index >= 15 is 0 Å². The SMILES string of the molecule is CC(C)CCS(=O)CCC(=O)O. The zero-order valence-corrected chi connectivity index (χ0v) is 8.39. The molecule has 3 nitrogen and oxygen atoms in total. The van der Waals surface area contributed by atoms with Crippen LogP contribution in [0.15, 0.2) is 0 Å². The van der Waals surface area contributed by atoms with Crippen molar-refractivity contribution in [2.75, 3.05) is 11.5 Å². The molecule has 0 aliphatic heterocycles. The van der Waals surface area contributed by atoms with Gasteiger partial charge in [-0.2, -0.15) is 0 Å². The van der Waals surface area contributed by atoms with Crippen molar-refractivity contribution in [3.05, 3.63) is 0 Å². The summed E-state index contributed by atoms with van der Waals surface area (Å²) in [4.78, 5) is 10.1. The molecule has 0 saturated carbocycles. The fourth-order valence-electron chi connectivity index (χ4n) is 0.670. The van der Waals surface area contributed by atoms with Crippen molar-refractivity contribution < 1.29 is 14.1 Å². The third kappa shape index (κ3) is 7.72. The lowest BCUT2D eigenvalue weighted by molar-refractivity contribution is -0.136. The Morgan fingerprint density at radius 1 is 1.42 bits per heavy atom. The lowest BCUT2D eigenvalue weighted by Gasteiger charge is -2.02. The summed E-state index contributed by atoms with van der Waals surface area (Å²) >= 11 is 0. The van der Waals surface area contributed by atoms with Crippen LogP contribution in [0, 0.1) is 5.92 Å². The van der Waals surface area contributed by atoms with E-state index in [1.807, 2.05) is 0 Å². The Bertz CT molecular complexity index is 166. The molecule has 0 bridgehead atoms. The number of carboxylic acid groups (broad SMARTS) is 1. The first-order chi connectivity index (χ1) is 5.52. The van der Waals surface area contributed by atoms with Crippen LogP contribution in [0.25, 0.3) is 0 Å². The third-order valence-electron chi connectivity index (χ3n) is 1.47. The highest BCUT2D eigenvalue weighted by Crippen LogP contribution is 2.01. The Morgan fingerprint density at radius 2 is 2.00 bits per heavy atom. The van der Waals surface area contributed by atoms with E-state index in [-0.39, 0.29) is 6.42 Å². The number of hydrogen-bond donors (Lipinski definition) is 1. The van der Waals surface area contributed by atoms with Crippen LogP contribution in [0.1, 0.15) is 26.7 Å². The molecule has 0 fully saturated rings. The summed E-state index contributed by atoms with van der Waals surface area (Å²) in [6.07, 6.45) is 0.928. The van der Waals surface area contributed by atoms with Gasteiger partial charge in [-0.25, -0.2) is 0 Å². The molecule has 72 valence electrons. The summed E-state index contributed by atoms with van der Waals surface area (Å²) in [7, 11) is -0.942. The lowest BCUT2D eigenvalue weighted by atomic mass is 10.2. The number of aliphatic carboxylic acids is 1. The molecule has 0 spiro atoms. The van der Waals surface area contributed by atoms with Crippen LogP contribution in [0.5, 0.6) is 0 Å². The van der Waals surface area contributed by atoms with Gasteiger partial charge in [-0.05, 0) is 12.3 Å². The van der Waals surface area contributed by atoms with Crippen molar-refractivity contribution in [1.29, 1.82) is 0 Å². The molecule has 12 heavy (non-hydrogen) atoms. The number of hydrogen-bond acceptors (Lipinski definition) is 2. The number of carbonyl (C=O) groups is 1. The van der Waals surface area contributed by atoms with Gasteiger partial charge in [0.1, 0.15) is 0 Å². The molecule has 0 aliphatic rings. The van der Waals surface area contributed by atoms with Crippen LogP contribution in [0.2, 0.25) is 0 Å². The van der Waals surface area contributed by atoms with Crippen LogP contribution in [0.4, 0.5) is 0 Å². The van der Waals surface area contributed by atoms with Crippen molar-refractivity contribution in [3.63, 3.8) is 0 Å². The van der Waals surface area contributed by atoms with Gasteiger partial charge in [0.25, 0.3) is 0 Å². The highest BCUT2D eigenvalue weighted by atomic mass is 32.2. The minimum absolute atomic E-state index is 0.0186.